The van der Waals surface area contributed by atoms with E-state index < -0.39 is 11.6 Å². The molecule has 5 aromatic rings. The minimum absolute atomic E-state index is 0.150. The van der Waals surface area contributed by atoms with Gasteiger partial charge in [-0.1, -0.05) is 121 Å². The molecule has 0 aliphatic heterocycles. The number of aliphatic imine (C=N–C) groups is 1. The minimum atomic E-state index is -1.43. The van der Waals surface area contributed by atoms with Crippen molar-refractivity contribution in [3.8, 4) is 5.75 Å². The van der Waals surface area contributed by atoms with Gasteiger partial charge in [-0.05, 0) is 33.5 Å². The Kier molecular flexibility index (Phi) is 5.94. The van der Waals surface area contributed by atoms with E-state index in [0.717, 1.165) is 27.5 Å². The maximum atomic E-state index is 12.5. The molecule has 0 amide bonds. The Bertz CT molecular complexity index is 1370. The summed E-state index contributed by atoms with van der Waals surface area (Å²) < 4.78 is 0. The standard InChI is InChI=1S/C31H25NO2/c33-29-21-20-23-12-10-11-19-27(23)28(29)22-32-30(24-13-4-1-5-14-24)31(34,25-15-6-2-7-16-25)26-17-8-3-9-18-26/h1-22,30,33-34H/t30-/m1/s1. The fourth-order valence-corrected chi connectivity index (χ4v) is 4.51. The van der Waals surface area contributed by atoms with Crippen molar-refractivity contribution in [2.45, 2.75) is 11.6 Å². The van der Waals surface area contributed by atoms with Crippen LogP contribution in [0.25, 0.3) is 10.8 Å². The van der Waals surface area contributed by atoms with Gasteiger partial charge in [0.05, 0.1) is 0 Å². The van der Waals surface area contributed by atoms with Crippen LogP contribution in [0.4, 0.5) is 0 Å². The van der Waals surface area contributed by atoms with Crippen LogP contribution in [0.15, 0.2) is 132 Å². The zero-order valence-corrected chi connectivity index (χ0v) is 18.6. The average molecular weight is 444 g/mol. The second-order valence-corrected chi connectivity index (χ2v) is 8.31. The van der Waals surface area contributed by atoms with Gasteiger partial charge in [-0.15, -0.1) is 0 Å². The van der Waals surface area contributed by atoms with E-state index in [1.165, 1.54) is 0 Å². The van der Waals surface area contributed by atoms with E-state index in [1.807, 2.05) is 121 Å². The third-order valence-electron chi connectivity index (χ3n) is 6.24. The maximum Gasteiger partial charge on any atom is 0.141 e. The van der Waals surface area contributed by atoms with Gasteiger partial charge in [-0.3, -0.25) is 4.99 Å². The van der Waals surface area contributed by atoms with Crippen molar-refractivity contribution in [1.82, 2.24) is 0 Å². The normalized spacial score (nSPS) is 12.7. The van der Waals surface area contributed by atoms with Crippen LogP contribution in [0.2, 0.25) is 0 Å². The van der Waals surface area contributed by atoms with Crippen LogP contribution >= 0.6 is 0 Å². The summed E-state index contributed by atoms with van der Waals surface area (Å²) in [5.74, 6) is 0.150. The molecule has 0 aliphatic carbocycles. The Morgan fingerprint density at radius 3 is 1.76 bits per heavy atom. The Morgan fingerprint density at radius 2 is 1.15 bits per heavy atom. The Hall–Kier alpha value is -4.21. The van der Waals surface area contributed by atoms with Crippen molar-refractivity contribution in [1.29, 1.82) is 0 Å². The highest BCUT2D eigenvalue weighted by molar-refractivity contribution is 6.02. The van der Waals surface area contributed by atoms with Crippen LogP contribution in [0.5, 0.6) is 5.75 Å². The molecule has 0 spiro atoms. The first-order chi connectivity index (χ1) is 16.7. The molecule has 0 aliphatic rings. The summed E-state index contributed by atoms with van der Waals surface area (Å²) >= 11 is 0. The van der Waals surface area contributed by atoms with E-state index in [2.05, 4.69) is 0 Å². The molecular formula is C31H25NO2. The minimum Gasteiger partial charge on any atom is -0.507 e. The second kappa shape index (κ2) is 9.34. The average Bonchev–Trinajstić information content (AvgIpc) is 2.91. The highest BCUT2D eigenvalue weighted by Crippen LogP contribution is 2.43. The number of benzene rings is 5. The largest absolute Gasteiger partial charge is 0.507 e. The van der Waals surface area contributed by atoms with Crippen molar-refractivity contribution >= 4 is 17.0 Å². The van der Waals surface area contributed by atoms with Gasteiger partial charge in [0, 0.05) is 11.8 Å². The number of phenolic OH excluding ortho intramolecular Hbond substituents is 1. The Morgan fingerprint density at radius 1 is 0.618 bits per heavy atom. The molecule has 166 valence electrons. The molecule has 3 heteroatoms. The lowest BCUT2D eigenvalue weighted by atomic mass is 9.77. The molecule has 0 unspecified atom stereocenters. The summed E-state index contributed by atoms with van der Waals surface area (Å²) in [7, 11) is 0. The number of aliphatic hydroxyl groups is 1. The van der Waals surface area contributed by atoms with Gasteiger partial charge in [-0.2, -0.15) is 0 Å². The molecule has 1 atom stereocenters. The molecule has 0 aromatic heterocycles. The van der Waals surface area contributed by atoms with Crippen molar-refractivity contribution in [3.05, 3.63) is 150 Å². The SMILES string of the molecule is Oc1ccc2ccccc2c1C=N[C@H](c1ccccc1)C(O)(c1ccccc1)c1ccccc1. The lowest BCUT2D eigenvalue weighted by Crippen LogP contribution is -2.34. The van der Waals surface area contributed by atoms with Gasteiger partial charge in [0.15, 0.2) is 0 Å². The van der Waals surface area contributed by atoms with Gasteiger partial charge in [0.1, 0.15) is 17.4 Å². The molecule has 2 N–H and O–H groups in total. The number of hydrogen-bond donors (Lipinski definition) is 2. The molecule has 5 aromatic carbocycles. The summed E-state index contributed by atoms with van der Waals surface area (Å²) in [6, 6.07) is 39.8. The number of nitrogens with zero attached hydrogens (tertiary/aromatic N) is 1. The van der Waals surface area contributed by atoms with Gasteiger partial charge in [-0.25, -0.2) is 0 Å². The van der Waals surface area contributed by atoms with E-state index in [-0.39, 0.29) is 5.75 Å². The van der Waals surface area contributed by atoms with Crippen LogP contribution < -0.4 is 0 Å². The first-order valence-corrected chi connectivity index (χ1v) is 11.3. The van der Waals surface area contributed by atoms with Gasteiger partial charge in [0.25, 0.3) is 0 Å². The van der Waals surface area contributed by atoms with Crippen molar-refractivity contribution in [3.63, 3.8) is 0 Å². The van der Waals surface area contributed by atoms with Gasteiger partial charge in [0.2, 0.25) is 0 Å². The highest BCUT2D eigenvalue weighted by atomic mass is 16.3. The van der Waals surface area contributed by atoms with Crippen LogP contribution in [-0.4, -0.2) is 16.4 Å². The predicted molar refractivity (Wildman–Crippen MR) is 138 cm³/mol. The molecule has 0 saturated carbocycles. The highest BCUT2D eigenvalue weighted by Gasteiger charge is 2.41. The molecule has 0 fully saturated rings. The number of aromatic hydroxyl groups is 1. The molecule has 3 nitrogen and oxygen atoms in total. The smallest absolute Gasteiger partial charge is 0.141 e. The zero-order valence-electron chi connectivity index (χ0n) is 18.6. The van der Waals surface area contributed by atoms with Crippen LogP contribution in [0.1, 0.15) is 28.3 Å². The Labute approximate surface area is 199 Å². The molecule has 5 rings (SSSR count). The number of rotatable bonds is 6. The number of hydrogen-bond acceptors (Lipinski definition) is 3. The fraction of sp³-hybridized carbons (Fsp3) is 0.0645. The number of phenols is 1. The van der Waals surface area contributed by atoms with E-state index in [4.69, 9.17) is 4.99 Å². The summed E-state index contributed by atoms with van der Waals surface area (Å²) in [5.41, 5.74) is 1.56. The molecule has 0 heterocycles. The quantitative estimate of drug-likeness (QED) is 0.289. The topological polar surface area (TPSA) is 52.8 Å². The zero-order chi connectivity index (χ0) is 23.4. The van der Waals surface area contributed by atoms with E-state index >= 15 is 0 Å². The lowest BCUT2D eigenvalue weighted by molar-refractivity contribution is 0.0523. The van der Waals surface area contributed by atoms with Crippen LogP contribution in [0.3, 0.4) is 0 Å². The lowest BCUT2D eigenvalue weighted by Gasteiger charge is -2.35. The maximum absolute atomic E-state index is 12.5. The molecule has 0 radical (unpaired) electrons. The van der Waals surface area contributed by atoms with Crippen molar-refractivity contribution in [2.24, 2.45) is 4.99 Å². The summed E-state index contributed by atoms with van der Waals surface area (Å²) in [4.78, 5) is 4.97. The molecule has 0 bridgehead atoms. The van der Waals surface area contributed by atoms with Crippen LogP contribution in [0, 0.1) is 0 Å². The number of fused-ring (bicyclic) bond motifs is 1. The first kappa shape index (κ1) is 21.6. The van der Waals surface area contributed by atoms with Gasteiger partial charge >= 0.3 is 0 Å². The predicted octanol–water partition coefficient (Wildman–Crippen LogP) is 6.64. The summed E-state index contributed by atoms with van der Waals surface area (Å²) in [6.07, 6.45) is 1.69. The fourth-order valence-electron chi connectivity index (χ4n) is 4.51. The summed E-state index contributed by atoms with van der Waals surface area (Å²) in [6.45, 7) is 0. The Balaban J connectivity index is 1.73. The van der Waals surface area contributed by atoms with Crippen molar-refractivity contribution in [2.75, 3.05) is 0 Å². The van der Waals surface area contributed by atoms with Crippen LogP contribution in [-0.2, 0) is 5.60 Å². The van der Waals surface area contributed by atoms with E-state index in [1.54, 1.807) is 12.3 Å². The molecule has 0 saturated heterocycles. The monoisotopic (exact) mass is 443 g/mol. The molecule has 34 heavy (non-hydrogen) atoms. The first-order valence-electron chi connectivity index (χ1n) is 11.3. The van der Waals surface area contributed by atoms with E-state index in [0.29, 0.717) is 5.56 Å². The third kappa shape index (κ3) is 3.98. The van der Waals surface area contributed by atoms with Crippen molar-refractivity contribution < 1.29 is 10.2 Å². The molecular weight excluding hydrogens is 418 g/mol. The second-order valence-electron chi connectivity index (χ2n) is 8.31. The van der Waals surface area contributed by atoms with E-state index in [9.17, 15) is 10.2 Å². The van der Waals surface area contributed by atoms with Gasteiger partial charge < -0.3 is 10.2 Å². The third-order valence-corrected chi connectivity index (χ3v) is 6.24. The summed E-state index contributed by atoms with van der Waals surface area (Å²) in [5, 5.41) is 25.0.